The Morgan fingerprint density at radius 2 is 1.40 bits per heavy atom. The average Bonchev–Trinajstić information content (AvgIpc) is 2.50. The summed E-state index contributed by atoms with van der Waals surface area (Å²) in [5, 5.41) is 2.41. The van der Waals surface area contributed by atoms with Gasteiger partial charge in [0.25, 0.3) is 0 Å². The number of halogens is 1. The Kier molecular flexibility index (Phi) is 5.45. The normalized spacial score (nSPS) is 15.4. The highest BCUT2D eigenvalue weighted by molar-refractivity contribution is 5.34. The molecular weight excluding hydrogens is 270 g/mol. The lowest BCUT2D eigenvalue weighted by Gasteiger charge is -2.20. The van der Waals surface area contributed by atoms with Gasteiger partial charge in [0.2, 0.25) is 0 Å². The summed E-state index contributed by atoms with van der Waals surface area (Å²) in [6.07, 6.45) is 2.58. The lowest BCUT2D eigenvalue weighted by atomic mass is 9.90. The van der Waals surface area contributed by atoms with E-state index in [0.717, 1.165) is 17.4 Å². The van der Waals surface area contributed by atoms with Gasteiger partial charge < -0.3 is 22.5 Å². The van der Waals surface area contributed by atoms with Crippen molar-refractivity contribution in [3.8, 4) is 11.5 Å². The molecule has 0 unspecified atom stereocenters. The Balaban J connectivity index is 0.00000147. The Hall–Kier alpha value is -1.51. The van der Waals surface area contributed by atoms with E-state index >= 15 is 0 Å². The molecule has 3 heteroatoms. The molecule has 2 nitrogen and oxygen atoms in total. The Bertz CT molecular complexity index is 506. The number of benzene rings is 2. The molecule has 0 radical (unpaired) electrons. The van der Waals surface area contributed by atoms with Crippen LogP contribution in [0.25, 0.3) is 0 Å². The monoisotopic (exact) mass is 289 g/mol. The molecule has 2 aromatic carbocycles. The van der Waals surface area contributed by atoms with Gasteiger partial charge in [0.15, 0.2) is 0 Å². The van der Waals surface area contributed by atoms with Gasteiger partial charge >= 0.3 is 0 Å². The van der Waals surface area contributed by atoms with Crippen molar-refractivity contribution < 1.29 is 22.5 Å². The van der Waals surface area contributed by atoms with Crippen LogP contribution in [0.15, 0.2) is 54.6 Å². The minimum absolute atomic E-state index is 0. The topological polar surface area (TPSA) is 25.8 Å². The van der Waals surface area contributed by atoms with Gasteiger partial charge in [-0.25, -0.2) is 0 Å². The smallest absolute Gasteiger partial charge is 0.127 e. The molecule has 1 aliphatic rings. The summed E-state index contributed by atoms with van der Waals surface area (Å²) >= 11 is 0. The summed E-state index contributed by atoms with van der Waals surface area (Å²) in [5.74, 6) is 2.54. The first-order valence-electron chi connectivity index (χ1n) is 7.06. The fourth-order valence-electron chi connectivity index (χ4n) is 2.69. The van der Waals surface area contributed by atoms with Gasteiger partial charge in [0, 0.05) is 12.8 Å². The Morgan fingerprint density at radius 3 is 2.05 bits per heavy atom. The van der Waals surface area contributed by atoms with E-state index in [1.165, 1.54) is 31.5 Å². The lowest BCUT2D eigenvalue weighted by Crippen LogP contribution is -3.00. The third-order valence-electron chi connectivity index (χ3n) is 3.77. The second kappa shape index (κ2) is 7.32. The molecule has 0 saturated carbocycles. The molecule has 1 saturated heterocycles. The minimum atomic E-state index is 0. The van der Waals surface area contributed by atoms with E-state index in [2.05, 4.69) is 29.6 Å². The molecule has 3 rings (SSSR count). The summed E-state index contributed by atoms with van der Waals surface area (Å²) < 4.78 is 5.81. The van der Waals surface area contributed by atoms with E-state index in [0.29, 0.717) is 0 Å². The number of hydrogen-bond acceptors (Lipinski definition) is 1. The summed E-state index contributed by atoms with van der Waals surface area (Å²) in [5.41, 5.74) is 1.45. The maximum Gasteiger partial charge on any atom is 0.127 e. The second-order valence-corrected chi connectivity index (χ2v) is 5.12. The highest BCUT2D eigenvalue weighted by Gasteiger charge is 2.17. The molecule has 1 aliphatic heterocycles. The number of quaternary nitrogens is 1. The van der Waals surface area contributed by atoms with E-state index < -0.39 is 0 Å². The van der Waals surface area contributed by atoms with E-state index in [-0.39, 0.29) is 12.4 Å². The predicted octanol–water partition coefficient (Wildman–Crippen LogP) is -0.0763. The van der Waals surface area contributed by atoms with Crippen LogP contribution in [0.3, 0.4) is 0 Å². The van der Waals surface area contributed by atoms with Gasteiger partial charge in [0.1, 0.15) is 11.5 Å². The third-order valence-corrected chi connectivity index (χ3v) is 3.77. The quantitative estimate of drug-likeness (QED) is 0.841. The van der Waals surface area contributed by atoms with Gasteiger partial charge in [-0.05, 0) is 35.7 Å². The van der Waals surface area contributed by atoms with E-state index in [1.54, 1.807) is 0 Å². The van der Waals surface area contributed by atoms with Crippen LogP contribution in [-0.4, -0.2) is 13.1 Å². The highest BCUT2D eigenvalue weighted by atomic mass is 35.5. The van der Waals surface area contributed by atoms with E-state index in [4.69, 9.17) is 4.74 Å². The maximum atomic E-state index is 5.81. The summed E-state index contributed by atoms with van der Waals surface area (Å²) in [6, 6.07) is 18.5. The van der Waals surface area contributed by atoms with Crippen molar-refractivity contribution in [1.29, 1.82) is 0 Å². The van der Waals surface area contributed by atoms with Gasteiger partial charge in [-0.1, -0.05) is 30.3 Å². The van der Waals surface area contributed by atoms with Crippen molar-refractivity contribution in [2.75, 3.05) is 13.1 Å². The molecule has 0 atom stereocenters. The number of nitrogens with two attached hydrogens (primary N) is 1. The van der Waals surface area contributed by atoms with Crippen molar-refractivity contribution in [2.24, 2.45) is 0 Å². The van der Waals surface area contributed by atoms with Crippen molar-refractivity contribution >= 4 is 0 Å². The largest absolute Gasteiger partial charge is 1.00 e. The van der Waals surface area contributed by atoms with Crippen LogP contribution < -0.4 is 22.5 Å². The van der Waals surface area contributed by atoms with Gasteiger partial charge in [-0.3, -0.25) is 0 Å². The zero-order chi connectivity index (χ0) is 12.9. The van der Waals surface area contributed by atoms with Gasteiger partial charge in [-0.2, -0.15) is 0 Å². The zero-order valence-corrected chi connectivity index (χ0v) is 12.2. The summed E-state index contributed by atoms with van der Waals surface area (Å²) in [7, 11) is 0. The maximum absolute atomic E-state index is 5.81. The van der Waals surface area contributed by atoms with Gasteiger partial charge in [-0.15, -0.1) is 0 Å². The molecule has 0 amide bonds. The van der Waals surface area contributed by atoms with Crippen LogP contribution in [0.5, 0.6) is 11.5 Å². The van der Waals surface area contributed by atoms with E-state index in [1.807, 2.05) is 30.3 Å². The number of hydrogen-bond donors (Lipinski definition) is 1. The molecule has 0 aromatic heterocycles. The first kappa shape index (κ1) is 14.9. The first-order chi connectivity index (χ1) is 9.42. The van der Waals surface area contributed by atoms with Crippen molar-refractivity contribution in [1.82, 2.24) is 0 Å². The molecule has 0 bridgehead atoms. The minimum Gasteiger partial charge on any atom is -1.00 e. The zero-order valence-electron chi connectivity index (χ0n) is 11.5. The SMILES string of the molecule is [Cl-].c1ccc(Oc2ccc(C3CC[NH2+]CC3)cc2)cc1. The van der Waals surface area contributed by atoms with Crippen LogP contribution in [0.2, 0.25) is 0 Å². The Labute approximate surface area is 126 Å². The van der Waals surface area contributed by atoms with Crippen LogP contribution in [-0.2, 0) is 0 Å². The first-order valence-corrected chi connectivity index (χ1v) is 7.06. The van der Waals surface area contributed by atoms with Crippen LogP contribution in [0, 0.1) is 0 Å². The molecule has 2 N–H and O–H groups in total. The third kappa shape index (κ3) is 3.75. The van der Waals surface area contributed by atoms with Crippen LogP contribution >= 0.6 is 0 Å². The van der Waals surface area contributed by atoms with E-state index in [9.17, 15) is 0 Å². The molecule has 0 aliphatic carbocycles. The molecule has 2 aromatic rings. The number of ether oxygens (including phenoxy) is 1. The second-order valence-electron chi connectivity index (χ2n) is 5.12. The number of rotatable bonds is 3. The summed E-state index contributed by atoms with van der Waals surface area (Å²) in [4.78, 5) is 0. The fourth-order valence-corrected chi connectivity index (χ4v) is 2.69. The lowest BCUT2D eigenvalue weighted by molar-refractivity contribution is -0.663. The number of para-hydroxylation sites is 1. The molecule has 1 heterocycles. The molecule has 106 valence electrons. The molecular formula is C17H20ClNO. The average molecular weight is 290 g/mol. The summed E-state index contributed by atoms with van der Waals surface area (Å²) in [6.45, 7) is 2.51. The van der Waals surface area contributed by atoms with Crippen molar-refractivity contribution in [3.05, 3.63) is 60.2 Å². The van der Waals surface area contributed by atoms with Crippen LogP contribution in [0.1, 0.15) is 24.3 Å². The van der Waals surface area contributed by atoms with Gasteiger partial charge in [0.05, 0.1) is 13.1 Å². The Morgan fingerprint density at radius 1 is 0.800 bits per heavy atom. The molecule has 1 fully saturated rings. The van der Waals surface area contributed by atoms with Crippen molar-refractivity contribution in [3.63, 3.8) is 0 Å². The molecule has 20 heavy (non-hydrogen) atoms. The van der Waals surface area contributed by atoms with Crippen molar-refractivity contribution in [2.45, 2.75) is 18.8 Å². The number of piperidine rings is 1. The van der Waals surface area contributed by atoms with Crippen LogP contribution in [0.4, 0.5) is 0 Å². The standard InChI is InChI=1S/C17H19NO.ClH/c1-2-4-16(5-3-1)19-17-8-6-14(7-9-17)15-10-12-18-13-11-15;/h1-9,15,18H,10-13H2;1H. The molecule has 0 spiro atoms. The predicted molar refractivity (Wildman–Crippen MR) is 76.6 cm³/mol. The highest BCUT2D eigenvalue weighted by Crippen LogP contribution is 2.27. The fraction of sp³-hybridized carbons (Fsp3) is 0.294.